The number of benzene rings is 4. The van der Waals surface area contributed by atoms with Crippen molar-refractivity contribution in [3.63, 3.8) is 0 Å². The van der Waals surface area contributed by atoms with Crippen LogP contribution in [0.2, 0.25) is 0 Å². The number of ether oxygens (including phenoxy) is 2. The van der Waals surface area contributed by atoms with Crippen molar-refractivity contribution in [2.75, 3.05) is 12.4 Å². The van der Waals surface area contributed by atoms with Gasteiger partial charge in [0.25, 0.3) is 0 Å². The van der Waals surface area contributed by atoms with E-state index in [1.165, 1.54) is 32.1 Å². The van der Waals surface area contributed by atoms with Crippen LogP contribution in [-0.4, -0.2) is 29.6 Å². The minimum Gasteiger partial charge on any atom is -0.494 e. The molecular formula is C42H49FO4S. The summed E-state index contributed by atoms with van der Waals surface area (Å²) in [6, 6.07) is 31.3. The van der Waals surface area contributed by atoms with Crippen molar-refractivity contribution in [2.45, 2.75) is 84.7 Å². The van der Waals surface area contributed by atoms with Crippen LogP contribution in [0.15, 0.2) is 97.1 Å². The Labute approximate surface area is 290 Å². The lowest BCUT2D eigenvalue weighted by Gasteiger charge is -2.13. The molecule has 2 unspecified atom stereocenters. The van der Waals surface area contributed by atoms with Gasteiger partial charge in [-0.15, -0.1) is 0 Å². The van der Waals surface area contributed by atoms with Crippen LogP contribution in [0.3, 0.4) is 0 Å². The molecule has 2 atom stereocenters. The van der Waals surface area contributed by atoms with E-state index in [1.807, 2.05) is 98.8 Å². The summed E-state index contributed by atoms with van der Waals surface area (Å²) in [5, 5.41) is -0.0182. The van der Waals surface area contributed by atoms with Crippen LogP contribution in [0.5, 0.6) is 11.5 Å². The Morgan fingerprint density at radius 1 is 0.646 bits per heavy atom. The quantitative estimate of drug-likeness (QED) is 0.0565. The predicted octanol–water partition coefficient (Wildman–Crippen LogP) is 11.1. The number of hydrogen-bond acceptors (Lipinski definition) is 5. The maximum atomic E-state index is 14.1. The van der Waals surface area contributed by atoms with Crippen molar-refractivity contribution >= 4 is 22.8 Å². The molecule has 48 heavy (non-hydrogen) atoms. The molecule has 0 N–H and O–H groups in total. The average Bonchev–Trinajstić information content (AvgIpc) is 3.11. The highest BCUT2D eigenvalue weighted by atomic mass is 32.2. The van der Waals surface area contributed by atoms with Gasteiger partial charge in [-0.25, -0.2) is 4.39 Å². The van der Waals surface area contributed by atoms with Crippen molar-refractivity contribution in [1.29, 1.82) is 0 Å². The lowest BCUT2D eigenvalue weighted by molar-refractivity contribution is -0.133. The van der Waals surface area contributed by atoms with E-state index in [9.17, 15) is 14.0 Å². The number of esters is 1. The van der Waals surface area contributed by atoms with Gasteiger partial charge in [0, 0.05) is 12.2 Å². The number of rotatable bonds is 19. The topological polar surface area (TPSA) is 52.6 Å². The second-order valence-electron chi connectivity index (χ2n) is 12.5. The zero-order valence-electron chi connectivity index (χ0n) is 28.6. The first kappa shape index (κ1) is 36.9. The molecule has 0 aliphatic heterocycles. The summed E-state index contributed by atoms with van der Waals surface area (Å²) >= 11 is 1.08. The minimum atomic E-state index is -0.961. The van der Waals surface area contributed by atoms with Crippen molar-refractivity contribution in [2.24, 2.45) is 5.92 Å². The van der Waals surface area contributed by atoms with E-state index in [0.717, 1.165) is 70.3 Å². The predicted molar refractivity (Wildman–Crippen MR) is 197 cm³/mol. The van der Waals surface area contributed by atoms with Crippen LogP contribution in [-0.2, 0) is 22.4 Å². The number of unbranched alkanes of at least 4 members (excludes halogenated alkanes) is 5. The Morgan fingerprint density at radius 2 is 1.12 bits per heavy atom. The number of carbonyl (C=O) groups excluding carboxylic acids is 2. The normalized spacial score (nSPS) is 12.3. The van der Waals surface area contributed by atoms with Gasteiger partial charge in [-0.3, -0.25) is 9.59 Å². The molecule has 0 radical (unpaired) electrons. The van der Waals surface area contributed by atoms with E-state index in [1.54, 1.807) is 0 Å². The molecule has 0 aliphatic rings. The number of thioether (sulfide) groups is 1. The molecule has 0 aliphatic carbocycles. The highest BCUT2D eigenvalue weighted by molar-refractivity contribution is 8.13. The average molecular weight is 669 g/mol. The zero-order valence-corrected chi connectivity index (χ0v) is 29.4. The molecule has 0 bridgehead atoms. The van der Waals surface area contributed by atoms with Crippen molar-refractivity contribution < 1.29 is 23.5 Å². The van der Waals surface area contributed by atoms with Gasteiger partial charge in [0.1, 0.15) is 17.7 Å². The highest BCUT2D eigenvalue weighted by Crippen LogP contribution is 2.26. The second-order valence-corrected chi connectivity index (χ2v) is 13.5. The third-order valence-electron chi connectivity index (χ3n) is 8.64. The Morgan fingerprint density at radius 3 is 1.67 bits per heavy atom. The van der Waals surface area contributed by atoms with Crippen LogP contribution in [0.4, 0.5) is 4.39 Å². The molecule has 4 nitrogen and oxygen atoms in total. The van der Waals surface area contributed by atoms with Crippen LogP contribution < -0.4 is 9.47 Å². The number of alkyl halides is 1. The summed E-state index contributed by atoms with van der Waals surface area (Å²) in [7, 11) is 0. The van der Waals surface area contributed by atoms with E-state index < -0.39 is 6.17 Å². The van der Waals surface area contributed by atoms with E-state index in [2.05, 4.69) is 19.1 Å². The molecule has 0 saturated carbocycles. The van der Waals surface area contributed by atoms with Gasteiger partial charge in [0.05, 0.1) is 13.0 Å². The van der Waals surface area contributed by atoms with Gasteiger partial charge in [-0.05, 0) is 70.0 Å². The molecule has 0 heterocycles. The molecule has 0 fully saturated rings. The van der Waals surface area contributed by atoms with Crippen molar-refractivity contribution in [3.05, 3.63) is 108 Å². The molecule has 4 aromatic carbocycles. The molecule has 4 rings (SSSR count). The Bertz CT molecular complexity index is 1530. The minimum absolute atomic E-state index is 0.0182. The van der Waals surface area contributed by atoms with Crippen molar-refractivity contribution in [3.8, 4) is 33.8 Å². The lowest BCUT2D eigenvalue weighted by atomic mass is 10.0. The van der Waals surface area contributed by atoms with Crippen LogP contribution in [0.1, 0.15) is 76.8 Å². The summed E-state index contributed by atoms with van der Waals surface area (Å²) in [5.41, 5.74) is 5.92. The Kier molecular flexibility index (Phi) is 15.2. The second kappa shape index (κ2) is 19.8. The largest absolute Gasteiger partial charge is 0.494 e. The summed E-state index contributed by atoms with van der Waals surface area (Å²) < 4.78 is 25.6. The Balaban J connectivity index is 1.20. The summed E-state index contributed by atoms with van der Waals surface area (Å²) in [6.07, 6.45) is 7.72. The zero-order chi connectivity index (χ0) is 34.1. The fourth-order valence-corrected chi connectivity index (χ4v) is 6.25. The molecule has 0 aromatic heterocycles. The van der Waals surface area contributed by atoms with Gasteiger partial charge >= 0.3 is 5.97 Å². The van der Waals surface area contributed by atoms with Gasteiger partial charge in [0.15, 0.2) is 5.12 Å². The Hall–Kier alpha value is -3.90. The van der Waals surface area contributed by atoms with Crippen LogP contribution in [0, 0.1) is 5.92 Å². The van der Waals surface area contributed by atoms with Gasteiger partial charge in [0.2, 0.25) is 0 Å². The molecule has 6 heteroatoms. The first-order valence-corrected chi connectivity index (χ1v) is 18.3. The van der Waals surface area contributed by atoms with E-state index >= 15 is 0 Å². The van der Waals surface area contributed by atoms with E-state index in [0.29, 0.717) is 5.75 Å². The summed E-state index contributed by atoms with van der Waals surface area (Å²) in [6.45, 7) is 6.82. The maximum absolute atomic E-state index is 14.1. The summed E-state index contributed by atoms with van der Waals surface area (Å²) in [4.78, 5) is 25.0. The third kappa shape index (κ3) is 12.3. The number of halogens is 1. The van der Waals surface area contributed by atoms with Gasteiger partial charge < -0.3 is 9.47 Å². The van der Waals surface area contributed by atoms with Crippen LogP contribution in [0.25, 0.3) is 22.3 Å². The first-order valence-electron chi connectivity index (χ1n) is 17.4. The number of carbonyl (C=O) groups is 2. The summed E-state index contributed by atoms with van der Waals surface area (Å²) in [5.74, 6) is 1.25. The maximum Gasteiger partial charge on any atom is 0.315 e. The SMILES string of the molecule is CCCCCCCCOc1ccc(-c2ccc(OC(=O)Cc3ccc(-c4ccc(CC(=O)SCC(F)C(C)CC)cc4)cc3)cc2)cc1. The fourth-order valence-electron chi connectivity index (χ4n) is 5.31. The molecular weight excluding hydrogens is 620 g/mol. The fraction of sp³-hybridized carbons (Fsp3) is 0.381. The molecule has 254 valence electrons. The van der Waals surface area contributed by atoms with E-state index in [-0.39, 0.29) is 35.6 Å². The smallest absolute Gasteiger partial charge is 0.315 e. The monoisotopic (exact) mass is 668 g/mol. The molecule has 0 amide bonds. The first-order chi connectivity index (χ1) is 23.3. The molecule has 0 spiro atoms. The number of hydrogen-bond donors (Lipinski definition) is 0. The van der Waals surface area contributed by atoms with Crippen LogP contribution >= 0.6 is 11.8 Å². The molecule has 0 saturated heterocycles. The van der Waals surface area contributed by atoms with Crippen molar-refractivity contribution in [1.82, 2.24) is 0 Å². The lowest BCUT2D eigenvalue weighted by Crippen LogP contribution is -2.16. The molecule has 4 aromatic rings. The third-order valence-corrected chi connectivity index (χ3v) is 9.59. The van der Waals surface area contributed by atoms with Gasteiger partial charge in [-0.1, -0.05) is 144 Å². The van der Waals surface area contributed by atoms with E-state index in [4.69, 9.17) is 9.47 Å². The standard InChI is InChI=1S/C42H49FO4S/c1-4-6-7-8-9-10-27-46-38-23-19-36(20-24-38)37-21-25-39(26-22-37)47-41(44)28-32-11-15-34(16-12-32)35-17-13-33(14-18-35)29-42(45)48-30-40(43)31(3)5-2/h11-26,31,40H,4-10,27-30H2,1-3H3. The van der Waals surface area contributed by atoms with Gasteiger partial charge in [-0.2, -0.15) is 0 Å². The highest BCUT2D eigenvalue weighted by Gasteiger charge is 2.17.